The Morgan fingerprint density at radius 2 is 2.00 bits per heavy atom. The van der Waals surface area contributed by atoms with Gasteiger partial charge in [0, 0.05) is 0 Å². The lowest BCUT2D eigenvalue weighted by molar-refractivity contribution is -0.115. The first kappa shape index (κ1) is 13.3. The van der Waals surface area contributed by atoms with Crippen molar-refractivity contribution in [3.8, 4) is 0 Å². The van der Waals surface area contributed by atoms with Crippen LogP contribution in [0.4, 0.5) is 15.8 Å². The van der Waals surface area contributed by atoms with E-state index >= 15 is 0 Å². The lowest BCUT2D eigenvalue weighted by Gasteiger charge is -2.29. The smallest absolute Gasteiger partial charge is 0.261 e. The minimum absolute atomic E-state index is 0.0369. The normalized spacial score (nSPS) is 13.6. The Morgan fingerprint density at radius 3 is 2.76 bits per heavy atom. The minimum Gasteiger partial charge on any atom is -0.323 e. The number of fused-ring (bicyclic) bond motifs is 1. The summed E-state index contributed by atoms with van der Waals surface area (Å²) in [5.41, 5.74) is 1.82. The van der Waals surface area contributed by atoms with Crippen molar-refractivity contribution in [2.75, 3.05) is 16.8 Å². The molecule has 0 saturated heterocycles. The van der Waals surface area contributed by atoms with Gasteiger partial charge in [0.2, 0.25) is 5.91 Å². The van der Waals surface area contributed by atoms with Crippen LogP contribution in [0.5, 0.6) is 0 Å². The second kappa shape index (κ2) is 5.01. The van der Waals surface area contributed by atoms with E-state index in [1.807, 2.05) is 0 Å². The fraction of sp³-hybridized carbons (Fsp3) is 0.125. The summed E-state index contributed by atoms with van der Waals surface area (Å²) in [5.74, 6) is -1.40. The van der Waals surface area contributed by atoms with Crippen LogP contribution >= 0.6 is 0 Å². The Bertz CT molecular complexity index is 743. The van der Waals surface area contributed by atoms with E-state index in [1.165, 1.54) is 17.0 Å². The highest BCUT2D eigenvalue weighted by molar-refractivity contribution is 6.15. The van der Waals surface area contributed by atoms with Crippen LogP contribution in [0.1, 0.15) is 15.9 Å². The van der Waals surface area contributed by atoms with E-state index in [1.54, 1.807) is 37.3 Å². The molecule has 0 unspecified atom stereocenters. The summed E-state index contributed by atoms with van der Waals surface area (Å²) < 4.78 is 14.0. The summed E-state index contributed by atoms with van der Waals surface area (Å²) in [7, 11) is 0. The van der Waals surface area contributed by atoms with E-state index in [-0.39, 0.29) is 18.0 Å². The van der Waals surface area contributed by atoms with Crippen LogP contribution in [-0.4, -0.2) is 18.4 Å². The zero-order valence-corrected chi connectivity index (χ0v) is 11.4. The highest BCUT2D eigenvalue weighted by Crippen LogP contribution is 2.30. The van der Waals surface area contributed by atoms with Gasteiger partial charge in [0.05, 0.1) is 16.9 Å². The van der Waals surface area contributed by atoms with Crippen LogP contribution in [-0.2, 0) is 4.79 Å². The molecule has 1 N–H and O–H groups in total. The fourth-order valence-electron chi connectivity index (χ4n) is 2.35. The van der Waals surface area contributed by atoms with Crippen molar-refractivity contribution in [1.29, 1.82) is 0 Å². The molecule has 0 atom stereocenters. The number of aryl methyl sites for hydroxylation is 1. The van der Waals surface area contributed by atoms with Crippen molar-refractivity contribution >= 4 is 23.2 Å². The Morgan fingerprint density at radius 1 is 1.24 bits per heavy atom. The molecule has 0 aromatic heterocycles. The van der Waals surface area contributed by atoms with Crippen molar-refractivity contribution in [2.45, 2.75) is 6.92 Å². The molecule has 2 aromatic rings. The van der Waals surface area contributed by atoms with Gasteiger partial charge in [0.1, 0.15) is 12.4 Å². The summed E-state index contributed by atoms with van der Waals surface area (Å²) >= 11 is 0. The molecule has 1 aliphatic heterocycles. The molecule has 0 saturated carbocycles. The standard InChI is InChI=1S/C16H13FN2O2/c1-10-6-7-11(12(17)8-10)16(21)19-9-15(20)18-13-4-2-3-5-14(13)19/h2-8H,9H2,1H3,(H,18,20). The van der Waals surface area contributed by atoms with Gasteiger partial charge < -0.3 is 5.32 Å². The quantitative estimate of drug-likeness (QED) is 0.875. The molecule has 21 heavy (non-hydrogen) atoms. The lowest BCUT2D eigenvalue weighted by atomic mass is 10.1. The van der Waals surface area contributed by atoms with Crippen molar-refractivity contribution < 1.29 is 14.0 Å². The van der Waals surface area contributed by atoms with E-state index in [0.717, 1.165) is 5.56 Å². The monoisotopic (exact) mass is 284 g/mol. The molecule has 2 amide bonds. The lowest BCUT2D eigenvalue weighted by Crippen LogP contribution is -2.42. The average molecular weight is 284 g/mol. The van der Waals surface area contributed by atoms with E-state index in [0.29, 0.717) is 11.4 Å². The molecular formula is C16H13FN2O2. The van der Waals surface area contributed by atoms with Gasteiger partial charge in [-0.2, -0.15) is 0 Å². The number of para-hydroxylation sites is 2. The maximum atomic E-state index is 14.0. The Labute approximate surface area is 121 Å². The molecule has 106 valence electrons. The van der Waals surface area contributed by atoms with Crippen molar-refractivity contribution in [2.24, 2.45) is 0 Å². The second-order valence-electron chi connectivity index (χ2n) is 4.94. The third-order valence-corrected chi connectivity index (χ3v) is 3.37. The molecule has 0 aliphatic carbocycles. The third-order valence-electron chi connectivity index (χ3n) is 3.37. The van der Waals surface area contributed by atoms with E-state index in [2.05, 4.69) is 5.32 Å². The number of rotatable bonds is 1. The summed E-state index contributed by atoms with van der Waals surface area (Å²) in [6.07, 6.45) is 0. The van der Waals surface area contributed by atoms with Crippen molar-refractivity contribution in [1.82, 2.24) is 0 Å². The summed E-state index contributed by atoms with van der Waals surface area (Å²) in [5, 5.41) is 2.69. The first-order valence-corrected chi connectivity index (χ1v) is 6.53. The van der Waals surface area contributed by atoms with E-state index in [9.17, 15) is 14.0 Å². The number of carbonyl (C=O) groups excluding carboxylic acids is 2. The molecule has 4 nitrogen and oxygen atoms in total. The number of carbonyl (C=O) groups is 2. The van der Waals surface area contributed by atoms with Crippen LogP contribution in [0.3, 0.4) is 0 Å². The maximum absolute atomic E-state index is 14.0. The van der Waals surface area contributed by atoms with Gasteiger partial charge in [0.25, 0.3) is 5.91 Å². The topological polar surface area (TPSA) is 49.4 Å². The molecule has 0 fully saturated rings. The van der Waals surface area contributed by atoms with Crippen molar-refractivity contribution in [3.05, 3.63) is 59.4 Å². The highest BCUT2D eigenvalue weighted by atomic mass is 19.1. The predicted octanol–water partition coefficient (Wildman–Crippen LogP) is 2.73. The number of hydrogen-bond acceptors (Lipinski definition) is 2. The molecule has 0 radical (unpaired) electrons. The van der Waals surface area contributed by atoms with Gasteiger partial charge >= 0.3 is 0 Å². The second-order valence-corrected chi connectivity index (χ2v) is 4.94. The van der Waals surface area contributed by atoms with Gasteiger partial charge in [-0.25, -0.2) is 4.39 Å². The molecule has 3 rings (SSSR count). The number of halogens is 1. The van der Waals surface area contributed by atoms with Crippen LogP contribution in [0.2, 0.25) is 0 Å². The number of nitrogens with zero attached hydrogens (tertiary/aromatic N) is 1. The number of hydrogen-bond donors (Lipinski definition) is 1. The largest absolute Gasteiger partial charge is 0.323 e. The molecule has 1 heterocycles. The van der Waals surface area contributed by atoms with Gasteiger partial charge in [0.15, 0.2) is 0 Å². The van der Waals surface area contributed by atoms with Crippen LogP contribution in [0.15, 0.2) is 42.5 Å². The summed E-state index contributed by atoms with van der Waals surface area (Å²) in [4.78, 5) is 25.6. The van der Waals surface area contributed by atoms with Gasteiger partial charge in [-0.15, -0.1) is 0 Å². The first-order chi connectivity index (χ1) is 10.1. The Hall–Kier alpha value is -2.69. The number of anilines is 2. The predicted molar refractivity (Wildman–Crippen MR) is 77.9 cm³/mol. The fourth-order valence-corrected chi connectivity index (χ4v) is 2.35. The molecule has 5 heteroatoms. The molecule has 1 aliphatic rings. The average Bonchev–Trinajstić information content (AvgIpc) is 2.45. The molecular weight excluding hydrogens is 271 g/mol. The molecule has 0 spiro atoms. The van der Waals surface area contributed by atoms with Crippen LogP contribution in [0, 0.1) is 12.7 Å². The zero-order chi connectivity index (χ0) is 15.0. The zero-order valence-electron chi connectivity index (χ0n) is 11.4. The minimum atomic E-state index is -0.580. The Balaban J connectivity index is 2.04. The Kier molecular flexibility index (Phi) is 3.17. The molecule has 2 aromatic carbocycles. The summed E-state index contributed by atoms with van der Waals surface area (Å²) in [6.45, 7) is 1.63. The number of amides is 2. The number of benzene rings is 2. The van der Waals surface area contributed by atoms with E-state index < -0.39 is 11.7 Å². The van der Waals surface area contributed by atoms with Gasteiger partial charge in [-0.1, -0.05) is 18.2 Å². The van der Waals surface area contributed by atoms with Crippen molar-refractivity contribution in [3.63, 3.8) is 0 Å². The summed E-state index contributed by atoms with van der Waals surface area (Å²) in [6, 6.07) is 11.4. The highest BCUT2D eigenvalue weighted by Gasteiger charge is 2.28. The van der Waals surface area contributed by atoms with Gasteiger partial charge in [-0.3, -0.25) is 14.5 Å². The van der Waals surface area contributed by atoms with Crippen LogP contribution < -0.4 is 10.2 Å². The van der Waals surface area contributed by atoms with Gasteiger partial charge in [-0.05, 0) is 36.8 Å². The third kappa shape index (κ3) is 2.38. The first-order valence-electron chi connectivity index (χ1n) is 6.53. The van der Waals surface area contributed by atoms with Crippen LogP contribution in [0.25, 0.3) is 0 Å². The maximum Gasteiger partial charge on any atom is 0.261 e. The SMILES string of the molecule is Cc1ccc(C(=O)N2CC(=O)Nc3ccccc32)c(F)c1. The van der Waals surface area contributed by atoms with E-state index in [4.69, 9.17) is 0 Å². The molecule has 0 bridgehead atoms. The number of nitrogens with one attached hydrogen (secondary N) is 1.